The summed E-state index contributed by atoms with van der Waals surface area (Å²) in [6, 6.07) is 18.0. The van der Waals surface area contributed by atoms with Gasteiger partial charge in [0, 0.05) is 23.6 Å². The summed E-state index contributed by atoms with van der Waals surface area (Å²) < 4.78 is 23.2. The van der Waals surface area contributed by atoms with Crippen LogP contribution in [-0.4, -0.2) is 27.2 Å². The summed E-state index contributed by atoms with van der Waals surface area (Å²) in [7, 11) is 0. The lowest BCUT2D eigenvalue weighted by Crippen LogP contribution is -2.37. The number of nitrogens with zero attached hydrogens (tertiary/aromatic N) is 1. The first-order chi connectivity index (χ1) is 18.8. The third kappa shape index (κ3) is 6.53. The van der Waals surface area contributed by atoms with Gasteiger partial charge in [-0.05, 0) is 81.0 Å². The van der Waals surface area contributed by atoms with Crippen LogP contribution < -0.4 is 10.1 Å². The summed E-state index contributed by atoms with van der Waals surface area (Å²) in [5.41, 5.74) is 3.28. The van der Waals surface area contributed by atoms with Gasteiger partial charge in [-0.2, -0.15) is 0 Å². The van der Waals surface area contributed by atoms with Gasteiger partial charge in [0.25, 0.3) is 5.91 Å². The van der Waals surface area contributed by atoms with Crippen LogP contribution in [0.4, 0.5) is 4.39 Å². The molecule has 0 fully saturated rings. The van der Waals surface area contributed by atoms with Gasteiger partial charge in [-0.3, -0.25) is 4.79 Å². The summed E-state index contributed by atoms with van der Waals surface area (Å²) in [5, 5.41) is 13.1. The third-order valence-electron chi connectivity index (χ3n) is 6.93. The molecule has 3 aromatic carbocycles. The Morgan fingerprint density at radius 3 is 2.45 bits per heavy atom. The number of fused-ring (bicyclic) bond motifs is 1. The highest BCUT2D eigenvalue weighted by molar-refractivity contribution is 5.99. The number of aliphatic carboxylic acids is 1. The molecule has 6 nitrogen and oxygen atoms in total. The summed E-state index contributed by atoms with van der Waals surface area (Å²) in [5.74, 6) is -1.31. The fourth-order valence-electron chi connectivity index (χ4n) is 4.82. The molecule has 1 aromatic heterocycles. The minimum absolute atomic E-state index is 0.00737. The number of hydrogen-bond acceptors (Lipinski definition) is 3. The van der Waals surface area contributed by atoms with E-state index in [1.807, 2.05) is 56.4 Å². The first-order valence-electron chi connectivity index (χ1n) is 13.5. The molecule has 0 spiro atoms. The molecule has 40 heavy (non-hydrogen) atoms. The lowest BCUT2D eigenvalue weighted by Gasteiger charge is -2.21. The molecule has 0 aliphatic rings. The van der Waals surface area contributed by atoms with Gasteiger partial charge in [0.1, 0.15) is 11.6 Å². The SMILES string of the molecule is Cc1cccc([C@H](C)NC(=O)c2cc3c(cc2F)c(Cc2cccc(OC(C)(C)C(=O)O)c2)cn3CC(C)C)c1. The van der Waals surface area contributed by atoms with Crippen LogP contribution in [0.5, 0.6) is 5.75 Å². The van der Waals surface area contributed by atoms with E-state index in [1.54, 1.807) is 18.2 Å². The van der Waals surface area contributed by atoms with Gasteiger partial charge in [0.2, 0.25) is 0 Å². The summed E-state index contributed by atoms with van der Waals surface area (Å²) >= 11 is 0. The molecule has 2 N–H and O–H groups in total. The highest BCUT2D eigenvalue weighted by atomic mass is 19.1. The molecule has 1 amide bonds. The number of rotatable bonds is 10. The molecular weight excluding hydrogens is 507 g/mol. The molecule has 0 aliphatic carbocycles. The molecule has 210 valence electrons. The molecule has 0 saturated heterocycles. The van der Waals surface area contributed by atoms with E-state index in [1.165, 1.54) is 19.9 Å². The monoisotopic (exact) mass is 544 g/mol. The van der Waals surface area contributed by atoms with Crippen LogP contribution in [0, 0.1) is 18.7 Å². The number of carbonyl (C=O) groups excluding carboxylic acids is 1. The Kier molecular flexibility index (Phi) is 8.33. The van der Waals surface area contributed by atoms with Gasteiger partial charge in [0.05, 0.1) is 11.6 Å². The van der Waals surface area contributed by atoms with Crippen LogP contribution >= 0.6 is 0 Å². The number of carbonyl (C=O) groups is 2. The number of aryl methyl sites for hydroxylation is 1. The zero-order chi connectivity index (χ0) is 29.2. The number of aromatic nitrogens is 1. The van der Waals surface area contributed by atoms with E-state index in [2.05, 4.69) is 23.7 Å². The fraction of sp³-hybridized carbons (Fsp3) is 0.333. The van der Waals surface area contributed by atoms with Crippen molar-refractivity contribution in [3.8, 4) is 5.75 Å². The summed E-state index contributed by atoms with van der Waals surface area (Å²) in [6.07, 6.45) is 2.50. The van der Waals surface area contributed by atoms with E-state index in [-0.39, 0.29) is 11.6 Å². The van der Waals surface area contributed by atoms with Crippen molar-refractivity contribution in [2.45, 2.75) is 66.2 Å². The zero-order valence-corrected chi connectivity index (χ0v) is 23.9. The minimum Gasteiger partial charge on any atom is -0.478 e. The van der Waals surface area contributed by atoms with Crippen molar-refractivity contribution in [3.63, 3.8) is 0 Å². The predicted octanol–water partition coefficient (Wildman–Crippen LogP) is 7.07. The summed E-state index contributed by atoms with van der Waals surface area (Å²) in [6.45, 7) is 11.8. The van der Waals surface area contributed by atoms with E-state index < -0.39 is 23.3 Å². The number of halogens is 1. The maximum atomic E-state index is 15.5. The molecule has 0 saturated carbocycles. The van der Waals surface area contributed by atoms with Crippen LogP contribution in [0.2, 0.25) is 0 Å². The van der Waals surface area contributed by atoms with Gasteiger partial charge in [-0.25, -0.2) is 9.18 Å². The maximum Gasteiger partial charge on any atom is 0.347 e. The Hall–Kier alpha value is -4.13. The Morgan fingerprint density at radius 1 is 1.05 bits per heavy atom. The van der Waals surface area contributed by atoms with Crippen molar-refractivity contribution in [2.75, 3.05) is 0 Å². The van der Waals surface area contributed by atoms with Gasteiger partial charge >= 0.3 is 5.97 Å². The van der Waals surface area contributed by atoms with Crippen molar-refractivity contribution in [3.05, 3.63) is 100 Å². The smallest absolute Gasteiger partial charge is 0.347 e. The predicted molar refractivity (Wildman–Crippen MR) is 155 cm³/mol. The normalized spacial score (nSPS) is 12.5. The number of hydrogen-bond donors (Lipinski definition) is 2. The first-order valence-corrected chi connectivity index (χ1v) is 13.5. The van der Waals surface area contributed by atoms with Crippen LogP contribution in [0.25, 0.3) is 10.9 Å². The van der Waals surface area contributed by atoms with Gasteiger partial charge < -0.3 is 19.7 Å². The Bertz CT molecular complexity index is 1550. The molecule has 4 rings (SSSR count). The van der Waals surface area contributed by atoms with Gasteiger partial charge in [-0.1, -0.05) is 55.8 Å². The Labute approximate surface area is 234 Å². The quantitative estimate of drug-likeness (QED) is 0.224. The second-order valence-corrected chi connectivity index (χ2v) is 11.4. The highest BCUT2D eigenvalue weighted by Crippen LogP contribution is 2.29. The number of amides is 1. The molecule has 1 heterocycles. The molecule has 7 heteroatoms. The average molecular weight is 545 g/mol. The van der Waals surface area contributed by atoms with Crippen molar-refractivity contribution in [2.24, 2.45) is 5.92 Å². The molecule has 0 bridgehead atoms. The molecule has 0 aliphatic heterocycles. The maximum absolute atomic E-state index is 15.5. The van der Waals surface area contributed by atoms with Gasteiger partial charge in [-0.15, -0.1) is 0 Å². The average Bonchev–Trinajstić information content (AvgIpc) is 3.18. The lowest BCUT2D eigenvalue weighted by atomic mass is 10.0. The Morgan fingerprint density at radius 2 is 1.77 bits per heavy atom. The zero-order valence-electron chi connectivity index (χ0n) is 23.9. The second-order valence-electron chi connectivity index (χ2n) is 11.4. The number of nitrogens with one attached hydrogen (secondary N) is 1. The number of carboxylic acid groups (broad SMARTS) is 1. The van der Waals surface area contributed by atoms with E-state index in [0.29, 0.717) is 24.6 Å². The second kappa shape index (κ2) is 11.5. The number of ether oxygens (including phenoxy) is 1. The van der Waals surface area contributed by atoms with Gasteiger partial charge in [0.15, 0.2) is 5.60 Å². The van der Waals surface area contributed by atoms with E-state index >= 15 is 4.39 Å². The number of carboxylic acids is 1. The minimum atomic E-state index is -1.37. The van der Waals surface area contributed by atoms with E-state index in [0.717, 1.165) is 33.2 Å². The van der Waals surface area contributed by atoms with Crippen molar-refractivity contribution < 1.29 is 23.8 Å². The van der Waals surface area contributed by atoms with Crippen molar-refractivity contribution in [1.29, 1.82) is 0 Å². The van der Waals surface area contributed by atoms with Crippen LogP contribution in [0.3, 0.4) is 0 Å². The van der Waals surface area contributed by atoms with Crippen LogP contribution in [0.1, 0.15) is 73.3 Å². The topological polar surface area (TPSA) is 80.6 Å². The fourth-order valence-corrected chi connectivity index (χ4v) is 4.82. The highest BCUT2D eigenvalue weighted by Gasteiger charge is 2.29. The van der Waals surface area contributed by atoms with Crippen LogP contribution in [-0.2, 0) is 17.8 Å². The van der Waals surface area contributed by atoms with Crippen molar-refractivity contribution in [1.82, 2.24) is 9.88 Å². The number of benzene rings is 3. The van der Waals surface area contributed by atoms with E-state index in [9.17, 15) is 14.7 Å². The molecule has 4 aromatic rings. The van der Waals surface area contributed by atoms with E-state index in [4.69, 9.17) is 4.74 Å². The molecular formula is C33H37FN2O4. The third-order valence-corrected chi connectivity index (χ3v) is 6.93. The largest absolute Gasteiger partial charge is 0.478 e. The lowest BCUT2D eigenvalue weighted by molar-refractivity contribution is -0.152. The molecule has 0 unspecified atom stereocenters. The van der Waals surface area contributed by atoms with Crippen LogP contribution in [0.15, 0.2) is 66.9 Å². The Balaban J connectivity index is 1.66. The molecule has 0 radical (unpaired) electrons. The van der Waals surface area contributed by atoms with Crippen molar-refractivity contribution >= 4 is 22.8 Å². The first kappa shape index (κ1) is 28.9. The summed E-state index contributed by atoms with van der Waals surface area (Å²) in [4.78, 5) is 24.7. The molecule has 1 atom stereocenters. The standard InChI is InChI=1S/C33H37FN2O4/c1-20(2)18-36-19-25(14-23-10-8-12-26(15-23)40-33(5,6)32(38)39)27-16-29(34)28(17-30(27)36)31(37)35-22(4)24-11-7-9-21(3)13-24/h7-13,15-17,19-20,22H,14,18H2,1-6H3,(H,35,37)(H,38,39)/t22-/m0/s1.